The lowest BCUT2D eigenvalue weighted by Gasteiger charge is -2.09. The highest BCUT2D eigenvalue weighted by Gasteiger charge is 2.18. The zero-order valence-electron chi connectivity index (χ0n) is 13.7. The Kier molecular flexibility index (Phi) is 6.12. The molecular weight excluding hydrogens is 410 g/mol. The maximum absolute atomic E-state index is 12.2. The third-order valence-corrected chi connectivity index (χ3v) is 3.76. The number of hydrazone groups is 1. The zero-order valence-corrected chi connectivity index (χ0v) is 15.3. The van der Waals surface area contributed by atoms with Crippen molar-refractivity contribution in [2.75, 3.05) is 14.2 Å². The fourth-order valence-electron chi connectivity index (χ4n) is 2.05. The average molecular weight is 424 g/mol. The number of nitrogens with one attached hydrogen (secondary N) is 1. The van der Waals surface area contributed by atoms with Crippen molar-refractivity contribution in [1.82, 2.24) is 5.43 Å². The normalized spacial score (nSPS) is 10.6. The van der Waals surface area contributed by atoms with Crippen LogP contribution < -0.4 is 14.9 Å². The Hall–Kier alpha value is -3.14. The van der Waals surface area contributed by atoms with Gasteiger partial charge in [-0.3, -0.25) is 14.9 Å². The molecule has 9 nitrogen and oxygen atoms in total. The molecule has 0 saturated carbocycles. The lowest BCUT2D eigenvalue weighted by atomic mass is 10.2. The summed E-state index contributed by atoms with van der Waals surface area (Å²) in [6.07, 6.45) is 1.10. The quantitative estimate of drug-likeness (QED) is 0.418. The van der Waals surface area contributed by atoms with Crippen molar-refractivity contribution < 1.29 is 24.3 Å². The van der Waals surface area contributed by atoms with Crippen LogP contribution in [0.1, 0.15) is 15.9 Å². The molecule has 0 heterocycles. The van der Waals surface area contributed by atoms with Crippen molar-refractivity contribution in [3.05, 3.63) is 56.0 Å². The molecule has 2 aromatic carbocycles. The maximum atomic E-state index is 12.2. The van der Waals surface area contributed by atoms with Gasteiger partial charge in [0, 0.05) is 22.2 Å². The van der Waals surface area contributed by atoms with Crippen LogP contribution in [0.25, 0.3) is 0 Å². The summed E-state index contributed by atoms with van der Waals surface area (Å²) in [5.41, 5.74) is 2.07. The summed E-state index contributed by atoms with van der Waals surface area (Å²) in [5.74, 6) is -0.311. The van der Waals surface area contributed by atoms with Gasteiger partial charge in [-0.25, -0.2) is 5.43 Å². The number of phenolic OH excluding ortho intramolecular Hbond substituents is 1. The number of ether oxygens (including phenoxy) is 2. The molecule has 0 radical (unpaired) electrons. The summed E-state index contributed by atoms with van der Waals surface area (Å²) in [6, 6.07) is 7.22. The Morgan fingerprint density at radius 3 is 2.65 bits per heavy atom. The molecule has 0 aliphatic rings. The third kappa shape index (κ3) is 4.28. The second-order valence-electron chi connectivity index (χ2n) is 4.89. The van der Waals surface area contributed by atoms with Crippen LogP contribution in [0, 0.1) is 10.1 Å². The van der Waals surface area contributed by atoms with Crippen molar-refractivity contribution in [3.63, 3.8) is 0 Å². The lowest BCUT2D eigenvalue weighted by Crippen LogP contribution is -2.18. The summed E-state index contributed by atoms with van der Waals surface area (Å²) in [6.45, 7) is 0. The molecule has 0 fully saturated rings. The average Bonchev–Trinajstić information content (AvgIpc) is 2.63. The molecule has 0 unspecified atom stereocenters. The molecule has 0 aromatic heterocycles. The van der Waals surface area contributed by atoms with Crippen molar-refractivity contribution >= 4 is 33.7 Å². The molecule has 0 atom stereocenters. The maximum Gasteiger partial charge on any atom is 0.312 e. The highest BCUT2D eigenvalue weighted by atomic mass is 79.9. The van der Waals surface area contributed by atoms with Crippen LogP contribution in [0.15, 0.2) is 39.9 Å². The number of methoxy groups -OCH3 is 2. The number of amides is 1. The summed E-state index contributed by atoms with van der Waals surface area (Å²) < 4.78 is 10.6. The van der Waals surface area contributed by atoms with Crippen LogP contribution >= 0.6 is 15.9 Å². The van der Waals surface area contributed by atoms with E-state index in [9.17, 15) is 20.0 Å². The van der Waals surface area contributed by atoms with Crippen LogP contribution in [0.4, 0.5) is 5.69 Å². The number of benzene rings is 2. The predicted octanol–water partition coefficient (Wildman–Crippen LogP) is 2.84. The van der Waals surface area contributed by atoms with Gasteiger partial charge in [0.05, 0.1) is 30.9 Å². The van der Waals surface area contributed by atoms with Crippen LogP contribution in [-0.4, -0.2) is 36.4 Å². The Balaban J connectivity index is 2.21. The molecule has 0 aliphatic carbocycles. The van der Waals surface area contributed by atoms with Crippen molar-refractivity contribution in [2.45, 2.75) is 0 Å². The molecule has 136 valence electrons. The number of nitro benzene ring substituents is 1. The summed E-state index contributed by atoms with van der Waals surface area (Å²) in [7, 11) is 2.90. The first kappa shape index (κ1) is 19.2. The van der Waals surface area contributed by atoms with Gasteiger partial charge in [0.25, 0.3) is 5.91 Å². The topological polar surface area (TPSA) is 123 Å². The van der Waals surface area contributed by atoms with E-state index >= 15 is 0 Å². The number of hydrogen-bond acceptors (Lipinski definition) is 7. The Morgan fingerprint density at radius 2 is 2.04 bits per heavy atom. The Labute approximate surface area is 156 Å². The molecule has 0 bridgehead atoms. The Morgan fingerprint density at radius 1 is 1.31 bits per heavy atom. The molecule has 26 heavy (non-hydrogen) atoms. The van der Waals surface area contributed by atoms with Gasteiger partial charge in [0.2, 0.25) is 5.75 Å². The van der Waals surface area contributed by atoms with E-state index in [1.54, 1.807) is 12.1 Å². The number of halogens is 1. The van der Waals surface area contributed by atoms with Gasteiger partial charge in [0.15, 0.2) is 0 Å². The zero-order chi connectivity index (χ0) is 19.3. The summed E-state index contributed by atoms with van der Waals surface area (Å²) in [4.78, 5) is 22.4. The highest BCUT2D eigenvalue weighted by molar-refractivity contribution is 9.10. The van der Waals surface area contributed by atoms with E-state index < -0.39 is 22.3 Å². The number of rotatable bonds is 6. The first-order chi connectivity index (χ1) is 12.4. The molecule has 2 rings (SSSR count). The highest BCUT2D eigenvalue weighted by Crippen LogP contribution is 2.32. The van der Waals surface area contributed by atoms with Gasteiger partial charge >= 0.3 is 5.69 Å². The largest absolute Gasteiger partial charge is 0.502 e. The molecule has 1 amide bonds. The number of nitrogens with zero attached hydrogens (tertiary/aromatic N) is 2. The number of aromatic hydroxyl groups is 1. The molecule has 0 saturated heterocycles. The molecular formula is C16H14BrN3O6. The van der Waals surface area contributed by atoms with E-state index in [-0.39, 0.29) is 16.9 Å². The monoisotopic (exact) mass is 423 g/mol. The second-order valence-corrected chi connectivity index (χ2v) is 5.80. The van der Waals surface area contributed by atoms with Crippen LogP contribution in [0.5, 0.6) is 17.2 Å². The molecule has 2 aromatic rings. The standard InChI is InChI=1S/C16H14BrN3O6/c1-25-11-3-4-12(14(7-11)26-2)16(22)19-18-8-9-5-10(17)6-13(15(9)21)20(23)24/h3-8,21H,1-2H3,(H,19,22)/b18-8+. The number of phenols is 1. The van der Waals surface area contributed by atoms with Crippen molar-refractivity contribution in [3.8, 4) is 17.2 Å². The Bertz CT molecular complexity index is 885. The minimum atomic E-state index is -0.724. The second kappa shape index (κ2) is 8.30. The van der Waals surface area contributed by atoms with Gasteiger partial charge in [-0.05, 0) is 18.2 Å². The van der Waals surface area contributed by atoms with Crippen LogP contribution in [0.3, 0.4) is 0 Å². The van der Waals surface area contributed by atoms with E-state index in [0.29, 0.717) is 10.2 Å². The number of carbonyl (C=O) groups is 1. The minimum Gasteiger partial charge on any atom is -0.502 e. The SMILES string of the molecule is COc1ccc(C(=O)N/N=C/c2cc(Br)cc([N+](=O)[O-])c2O)c(OC)c1. The number of carbonyl (C=O) groups excluding carboxylic acids is 1. The fraction of sp³-hybridized carbons (Fsp3) is 0.125. The first-order valence-electron chi connectivity index (χ1n) is 7.09. The predicted molar refractivity (Wildman–Crippen MR) is 97.1 cm³/mol. The van der Waals surface area contributed by atoms with Gasteiger partial charge in [-0.2, -0.15) is 5.10 Å². The van der Waals surface area contributed by atoms with E-state index in [1.807, 2.05) is 0 Å². The summed E-state index contributed by atoms with van der Waals surface area (Å²) >= 11 is 3.11. The van der Waals surface area contributed by atoms with Crippen LogP contribution in [0.2, 0.25) is 0 Å². The first-order valence-corrected chi connectivity index (χ1v) is 7.89. The van der Waals surface area contributed by atoms with Gasteiger partial charge in [-0.15, -0.1) is 0 Å². The molecule has 2 N–H and O–H groups in total. The fourth-order valence-corrected chi connectivity index (χ4v) is 2.51. The summed E-state index contributed by atoms with van der Waals surface area (Å²) in [5, 5.41) is 24.5. The van der Waals surface area contributed by atoms with Gasteiger partial charge in [0.1, 0.15) is 11.5 Å². The smallest absolute Gasteiger partial charge is 0.312 e. The minimum absolute atomic E-state index is 0.0630. The molecule has 0 spiro atoms. The van der Waals surface area contributed by atoms with E-state index in [2.05, 4.69) is 26.5 Å². The lowest BCUT2D eigenvalue weighted by molar-refractivity contribution is -0.385. The van der Waals surface area contributed by atoms with Crippen molar-refractivity contribution in [2.24, 2.45) is 5.10 Å². The molecule has 0 aliphatic heterocycles. The van der Waals surface area contributed by atoms with Gasteiger partial charge < -0.3 is 14.6 Å². The number of nitro groups is 1. The number of hydrogen-bond donors (Lipinski definition) is 2. The molecule has 10 heteroatoms. The van der Waals surface area contributed by atoms with Crippen molar-refractivity contribution in [1.29, 1.82) is 0 Å². The van der Waals surface area contributed by atoms with E-state index in [1.165, 1.54) is 26.4 Å². The van der Waals surface area contributed by atoms with Crippen LogP contribution in [-0.2, 0) is 0 Å². The van der Waals surface area contributed by atoms with E-state index in [4.69, 9.17) is 9.47 Å². The third-order valence-electron chi connectivity index (χ3n) is 3.30. The van der Waals surface area contributed by atoms with Gasteiger partial charge in [-0.1, -0.05) is 15.9 Å². The van der Waals surface area contributed by atoms with E-state index in [0.717, 1.165) is 12.3 Å².